The van der Waals surface area contributed by atoms with Crippen LogP contribution in [-0.2, 0) is 0 Å². The summed E-state index contributed by atoms with van der Waals surface area (Å²) in [5.74, 6) is 2.10. The fourth-order valence-electron chi connectivity index (χ4n) is 2.35. The average Bonchev–Trinajstić information content (AvgIpc) is 2.18. The van der Waals surface area contributed by atoms with Crippen LogP contribution in [0.15, 0.2) is 0 Å². The van der Waals surface area contributed by atoms with Gasteiger partial charge >= 0.3 is 0 Å². The summed E-state index contributed by atoms with van der Waals surface area (Å²) >= 11 is 2.07. The van der Waals surface area contributed by atoms with Crippen molar-refractivity contribution in [1.82, 2.24) is 5.32 Å². The molecule has 0 radical (unpaired) electrons. The molecule has 0 heterocycles. The molecule has 2 heteroatoms. The summed E-state index contributed by atoms with van der Waals surface area (Å²) in [6, 6.07) is 1.42. The van der Waals surface area contributed by atoms with Crippen molar-refractivity contribution < 1.29 is 0 Å². The second-order valence-corrected chi connectivity index (χ2v) is 8.21. The molecule has 0 spiro atoms. The summed E-state index contributed by atoms with van der Waals surface area (Å²) in [6.07, 6.45) is 5.65. The molecular formula is C14H29NS. The highest BCUT2D eigenvalue weighted by Gasteiger charge is 2.23. The Labute approximate surface area is 106 Å². The van der Waals surface area contributed by atoms with E-state index in [4.69, 9.17) is 0 Å². The van der Waals surface area contributed by atoms with E-state index in [1.165, 1.54) is 31.4 Å². The van der Waals surface area contributed by atoms with Gasteiger partial charge in [-0.05, 0) is 25.7 Å². The zero-order valence-electron chi connectivity index (χ0n) is 11.7. The first kappa shape index (κ1) is 14.4. The van der Waals surface area contributed by atoms with Crippen LogP contribution in [0.4, 0.5) is 0 Å². The number of nitrogens with one attached hydrogen (secondary N) is 1. The van der Waals surface area contributed by atoms with Gasteiger partial charge in [-0.15, -0.1) is 0 Å². The summed E-state index contributed by atoms with van der Waals surface area (Å²) in [6.45, 7) is 11.6. The van der Waals surface area contributed by atoms with Crippen molar-refractivity contribution in [2.24, 2.45) is 5.92 Å². The fraction of sp³-hybridized carbons (Fsp3) is 1.00. The van der Waals surface area contributed by atoms with E-state index < -0.39 is 0 Å². The second-order valence-electron chi connectivity index (χ2n) is 6.36. The summed E-state index contributed by atoms with van der Waals surface area (Å²) in [5.41, 5.74) is 0. The molecule has 16 heavy (non-hydrogen) atoms. The average molecular weight is 243 g/mol. The topological polar surface area (TPSA) is 12.0 Å². The van der Waals surface area contributed by atoms with E-state index in [1.807, 2.05) is 0 Å². The molecule has 1 fully saturated rings. The lowest BCUT2D eigenvalue weighted by molar-refractivity contribution is 0.268. The van der Waals surface area contributed by atoms with Gasteiger partial charge in [-0.1, -0.05) is 40.5 Å². The Bertz CT molecular complexity index is 197. The molecule has 0 amide bonds. The van der Waals surface area contributed by atoms with Gasteiger partial charge in [-0.25, -0.2) is 0 Å². The molecule has 0 saturated heterocycles. The van der Waals surface area contributed by atoms with E-state index in [1.54, 1.807) is 0 Å². The van der Waals surface area contributed by atoms with Crippen LogP contribution in [0.25, 0.3) is 0 Å². The summed E-state index contributed by atoms with van der Waals surface area (Å²) in [7, 11) is 0. The smallest absolute Gasteiger partial charge is 0.0132 e. The summed E-state index contributed by atoms with van der Waals surface area (Å²) in [4.78, 5) is 0. The Morgan fingerprint density at radius 2 is 1.88 bits per heavy atom. The Hall–Kier alpha value is 0.310. The summed E-state index contributed by atoms with van der Waals surface area (Å²) < 4.78 is 0.397. The second kappa shape index (κ2) is 6.30. The van der Waals surface area contributed by atoms with Gasteiger partial charge in [0.15, 0.2) is 0 Å². The van der Waals surface area contributed by atoms with Crippen molar-refractivity contribution in [1.29, 1.82) is 0 Å². The number of rotatable bonds is 4. The van der Waals surface area contributed by atoms with Crippen molar-refractivity contribution in [3.8, 4) is 0 Å². The van der Waals surface area contributed by atoms with E-state index >= 15 is 0 Å². The monoisotopic (exact) mass is 243 g/mol. The van der Waals surface area contributed by atoms with Gasteiger partial charge in [0.2, 0.25) is 0 Å². The minimum absolute atomic E-state index is 0.397. The molecule has 96 valence electrons. The minimum Gasteiger partial charge on any atom is -0.310 e. The van der Waals surface area contributed by atoms with Crippen LogP contribution in [0.2, 0.25) is 0 Å². The van der Waals surface area contributed by atoms with Crippen molar-refractivity contribution in [2.75, 3.05) is 5.75 Å². The van der Waals surface area contributed by atoms with Gasteiger partial charge in [-0.3, -0.25) is 0 Å². The molecular weight excluding hydrogens is 214 g/mol. The molecule has 1 aliphatic rings. The Morgan fingerprint density at radius 3 is 2.44 bits per heavy atom. The Kier molecular flexibility index (Phi) is 5.66. The maximum atomic E-state index is 3.82. The third-order valence-corrected chi connectivity index (χ3v) is 4.91. The predicted molar refractivity (Wildman–Crippen MR) is 76.2 cm³/mol. The maximum absolute atomic E-state index is 3.82. The molecule has 1 saturated carbocycles. The number of hydrogen-bond acceptors (Lipinski definition) is 2. The SMILES string of the molecule is CC(CSC(C)(C)C)NC1CCCCC1C. The van der Waals surface area contributed by atoms with E-state index in [0.29, 0.717) is 10.8 Å². The molecule has 1 N–H and O–H groups in total. The lowest BCUT2D eigenvalue weighted by atomic mass is 9.85. The van der Waals surface area contributed by atoms with E-state index in [-0.39, 0.29) is 0 Å². The van der Waals surface area contributed by atoms with Gasteiger partial charge in [0.05, 0.1) is 0 Å². The first-order valence-electron chi connectivity index (χ1n) is 6.78. The largest absolute Gasteiger partial charge is 0.310 e. The van der Waals surface area contributed by atoms with Crippen LogP contribution in [0.1, 0.15) is 60.3 Å². The Morgan fingerprint density at radius 1 is 1.25 bits per heavy atom. The maximum Gasteiger partial charge on any atom is 0.0132 e. The fourth-order valence-corrected chi connectivity index (χ4v) is 3.20. The molecule has 3 atom stereocenters. The molecule has 0 aromatic rings. The van der Waals surface area contributed by atoms with Gasteiger partial charge in [0, 0.05) is 22.6 Å². The molecule has 0 aromatic heterocycles. The highest BCUT2D eigenvalue weighted by molar-refractivity contribution is 8.00. The number of thioether (sulfide) groups is 1. The highest BCUT2D eigenvalue weighted by Crippen LogP contribution is 2.26. The molecule has 3 unspecified atom stereocenters. The Balaban J connectivity index is 2.24. The first-order valence-corrected chi connectivity index (χ1v) is 7.77. The normalized spacial score (nSPS) is 29.1. The quantitative estimate of drug-likeness (QED) is 0.798. The number of hydrogen-bond donors (Lipinski definition) is 1. The molecule has 1 aliphatic carbocycles. The lowest BCUT2D eigenvalue weighted by Gasteiger charge is -2.33. The predicted octanol–water partition coefficient (Wildman–Crippen LogP) is 4.07. The first-order chi connectivity index (χ1) is 7.38. The zero-order chi connectivity index (χ0) is 12.2. The van der Waals surface area contributed by atoms with Gasteiger partial charge in [0.1, 0.15) is 0 Å². The van der Waals surface area contributed by atoms with E-state index in [9.17, 15) is 0 Å². The van der Waals surface area contributed by atoms with Crippen molar-refractivity contribution in [2.45, 2.75) is 77.1 Å². The zero-order valence-corrected chi connectivity index (χ0v) is 12.5. The van der Waals surface area contributed by atoms with Gasteiger partial charge in [0.25, 0.3) is 0 Å². The van der Waals surface area contributed by atoms with Crippen LogP contribution >= 0.6 is 11.8 Å². The molecule has 0 aliphatic heterocycles. The van der Waals surface area contributed by atoms with Crippen LogP contribution < -0.4 is 5.32 Å². The van der Waals surface area contributed by atoms with Crippen LogP contribution in [0.5, 0.6) is 0 Å². The molecule has 1 rings (SSSR count). The highest BCUT2D eigenvalue weighted by atomic mass is 32.2. The molecule has 0 aromatic carbocycles. The van der Waals surface area contributed by atoms with Crippen LogP contribution in [-0.4, -0.2) is 22.6 Å². The molecule has 0 bridgehead atoms. The standard InChI is InChI=1S/C14H29NS/c1-11-8-6-7-9-13(11)15-12(2)10-16-14(3,4)5/h11-13,15H,6-10H2,1-5H3. The minimum atomic E-state index is 0.397. The van der Waals surface area contributed by atoms with Crippen molar-refractivity contribution in [3.05, 3.63) is 0 Å². The third-order valence-electron chi connectivity index (χ3n) is 3.38. The van der Waals surface area contributed by atoms with E-state index in [0.717, 1.165) is 12.0 Å². The summed E-state index contributed by atoms with van der Waals surface area (Å²) in [5, 5.41) is 3.82. The lowest BCUT2D eigenvalue weighted by Crippen LogP contribution is -2.43. The molecule has 1 nitrogen and oxygen atoms in total. The van der Waals surface area contributed by atoms with Crippen LogP contribution in [0, 0.1) is 5.92 Å². The van der Waals surface area contributed by atoms with E-state index in [2.05, 4.69) is 51.7 Å². The van der Waals surface area contributed by atoms with Crippen molar-refractivity contribution >= 4 is 11.8 Å². The van der Waals surface area contributed by atoms with Gasteiger partial charge < -0.3 is 5.32 Å². The van der Waals surface area contributed by atoms with Gasteiger partial charge in [-0.2, -0.15) is 11.8 Å². The third kappa shape index (κ3) is 5.58. The van der Waals surface area contributed by atoms with Crippen molar-refractivity contribution in [3.63, 3.8) is 0 Å². The van der Waals surface area contributed by atoms with Crippen LogP contribution in [0.3, 0.4) is 0 Å².